The van der Waals surface area contributed by atoms with E-state index in [9.17, 15) is 14.4 Å². The van der Waals surface area contributed by atoms with E-state index in [0.717, 1.165) is 31.6 Å². The molecule has 7 heteroatoms. The summed E-state index contributed by atoms with van der Waals surface area (Å²) in [6, 6.07) is 9.90. The van der Waals surface area contributed by atoms with Crippen molar-refractivity contribution in [3.05, 3.63) is 35.9 Å². The van der Waals surface area contributed by atoms with Gasteiger partial charge < -0.3 is 14.7 Å². The topological polar surface area (TPSA) is 64.2 Å². The van der Waals surface area contributed by atoms with Crippen molar-refractivity contribution in [1.82, 2.24) is 19.6 Å². The van der Waals surface area contributed by atoms with Crippen LogP contribution < -0.4 is 0 Å². The maximum atomic E-state index is 13.1. The molecule has 0 spiro atoms. The van der Waals surface area contributed by atoms with Gasteiger partial charge in [0.2, 0.25) is 17.7 Å². The molecular weight excluding hydrogens is 380 g/mol. The number of likely N-dealkylation sites (N-methyl/N-ethyl adjacent to an activating group) is 1. The van der Waals surface area contributed by atoms with Gasteiger partial charge in [0.05, 0.1) is 12.5 Å². The van der Waals surface area contributed by atoms with Crippen LogP contribution in [0, 0.1) is 5.92 Å². The molecule has 2 saturated heterocycles. The van der Waals surface area contributed by atoms with Crippen LogP contribution in [0.3, 0.4) is 0 Å². The quantitative estimate of drug-likeness (QED) is 0.677. The lowest BCUT2D eigenvalue weighted by molar-refractivity contribution is -0.135. The Balaban J connectivity index is 1.51. The fourth-order valence-corrected chi connectivity index (χ4v) is 4.37. The zero-order chi connectivity index (χ0) is 21.5. The summed E-state index contributed by atoms with van der Waals surface area (Å²) in [7, 11) is 0. The minimum Gasteiger partial charge on any atom is -0.342 e. The molecule has 0 bridgehead atoms. The van der Waals surface area contributed by atoms with Crippen molar-refractivity contribution in [2.24, 2.45) is 5.92 Å². The van der Waals surface area contributed by atoms with Crippen molar-refractivity contribution in [3.63, 3.8) is 0 Å². The molecule has 0 aromatic heterocycles. The van der Waals surface area contributed by atoms with Crippen LogP contribution in [0.5, 0.6) is 0 Å². The molecule has 2 heterocycles. The molecule has 1 atom stereocenters. The summed E-state index contributed by atoms with van der Waals surface area (Å²) < 4.78 is 0. The van der Waals surface area contributed by atoms with Crippen LogP contribution in [0.15, 0.2) is 30.3 Å². The van der Waals surface area contributed by atoms with Crippen LogP contribution in [0.2, 0.25) is 0 Å². The zero-order valence-corrected chi connectivity index (χ0v) is 18.3. The number of likely N-dealkylation sites (tertiary alicyclic amines) is 1. The molecule has 0 N–H and O–H groups in total. The van der Waals surface area contributed by atoms with Gasteiger partial charge in [-0.1, -0.05) is 30.3 Å². The number of amides is 3. The second-order valence-electron chi connectivity index (χ2n) is 8.18. The van der Waals surface area contributed by atoms with Gasteiger partial charge in [0.15, 0.2) is 0 Å². The number of hydrogen-bond donors (Lipinski definition) is 0. The van der Waals surface area contributed by atoms with Crippen molar-refractivity contribution in [3.8, 4) is 0 Å². The Morgan fingerprint density at radius 3 is 2.47 bits per heavy atom. The molecule has 0 saturated carbocycles. The first kappa shape index (κ1) is 22.3. The monoisotopic (exact) mass is 414 g/mol. The third-order valence-corrected chi connectivity index (χ3v) is 6.16. The van der Waals surface area contributed by atoms with Crippen molar-refractivity contribution >= 4 is 17.7 Å². The average molecular weight is 415 g/mol. The van der Waals surface area contributed by atoms with Crippen LogP contribution >= 0.6 is 0 Å². The second kappa shape index (κ2) is 10.6. The molecule has 2 fully saturated rings. The Labute approximate surface area is 179 Å². The van der Waals surface area contributed by atoms with Gasteiger partial charge in [0.25, 0.3) is 0 Å². The van der Waals surface area contributed by atoms with Gasteiger partial charge in [-0.15, -0.1) is 0 Å². The first-order chi connectivity index (χ1) is 14.5. The molecule has 3 rings (SSSR count). The fourth-order valence-electron chi connectivity index (χ4n) is 4.37. The summed E-state index contributed by atoms with van der Waals surface area (Å²) in [6.45, 7) is 9.74. The van der Waals surface area contributed by atoms with E-state index in [0.29, 0.717) is 45.7 Å². The summed E-state index contributed by atoms with van der Waals surface area (Å²) in [6.07, 6.45) is 1.15. The highest BCUT2D eigenvalue weighted by molar-refractivity contribution is 5.89. The third kappa shape index (κ3) is 5.59. The van der Waals surface area contributed by atoms with Crippen molar-refractivity contribution < 1.29 is 14.4 Å². The zero-order valence-electron chi connectivity index (χ0n) is 18.3. The lowest BCUT2D eigenvalue weighted by atomic mass is 10.1. The Morgan fingerprint density at radius 1 is 1.03 bits per heavy atom. The van der Waals surface area contributed by atoms with E-state index in [4.69, 9.17) is 0 Å². The largest absolute Gasteiger partial charge is 0.342 e. The van der Waals surface area contributed by atoms with E-state index in [-0.39, 0.29) is 23.6 Å². The highest BCUT2D eigenvalue weighted by atomic mass is 16.2. The predicted octanol–water partition coefficient (Wildman–Crippen LogP) is 1.44. The van der Waals surface area contributed by atoms with Crippen molar-refractivity contribution in [2.75, 3.05) is 52.4 Å². The second-order valence-corrected chi connectivity index (χ2v) is 8.18. The highest BCUT2D eigenvalue weighted by Gasteiger charge is 2.36. The first-order valence-corrected chi connectivity index (χ1v) is 11.1. The van der Waals surface area contributed by atoms with Crippen LogP contribution in [0.4, 0.5) is 0 Å². The van der Waals surface area contributed by atoms with Gasteiger partial charge in [-0.25, -0.2) is 0 Å². The average Bonchev–Trinajstić information content (AvgIpc) is 2.96. The molecule has 2 aliphatic heterocycles. The minimum atomic E-state index is -0.259. The van der Waals surface area contributed by atoms with Gasteiger partial charge in [-0.05, 0) is 25.8 Å². The summed E-state index contributed by atoms with van der Waals surface area (Å²) in [5.74, 6) is 0.0251. The van der Waals surface area contributed by atoms with Gasteiger partial charge in [0.1, 0.15) is 0 Å². The lowest BCUT2D eigenvalue weighted by Crippen LogP contribution is -2.43. The van der Waals surface area contributed by atoms with E-state index in [2.05, 4.69) is 4.90 Å². The van der Waals surface area contributed by atoms with Gasteiger partial charge in [0, 0.05) is 58.8 Å². The smallest absolute Gasteiger partial charge is 0.236 e. The number of carbonyl (C=O) groups is 3. The van der Waals surface area contributed by atoms with Crippen molar-refractivity contribution in [2.45, 2.75) is 33.2 Å². The third-order valence-electron chi connectivity index (χ3n) is 6.16. The molecule has 1 aromatic rings. The standard InChI is InChI=1S/C23H34N4O3/c1-3-25(4-2)22(29)18-24-11-8-12-26(14-13-24)23(30)20-15-21(28)27(17-20)16-19-9-6-5-7-10-19/h5-7,9-10,20H,3-4,8,11-18H2,1-2H3. The molecule has 7 nitrogen and oxygen atoms in total. The normalized spacial score (nSPS) is 20.3. The summed E-state index contributed by atoms with van der Waals surface area (Å²) in [5, 5.41) is 0. The molecule has 30 heavy (non-hydrogen) atoms. The maximum absolute atomic E-state index is 13.1. The Kier molecular flexibility index (Phi) is 7.85. The summed E-state index contributed by atoms with van der Waals surface area (Å²) in [4.78, 5) is 45.6. The first-order valence-electron chi connectivity index (χ1n) is 11.1. The number of benzene rings is 1. The van der Waals surface area contributed by atoms with Crippen LogP contribution in [0.25, 0.3) is 0 Å². The van der Waals surface area contributed by atoms with Crippen LogP contribution in [-0.2, 0) is 20.9 Å². The molecule has 2 aliphatic rings. The van der Waals surface area contributed by atoms with E-state index < -0.39 is 0 Å². The molecule has 3 amide bonds. The molecular formula is C23H34N4O3. The van der Waals surface area contributed by atoms with Crippen molar-refractivity contribution in [1.29, 1.82) is 0 Å². The van der Waals surface area contributed by atoms with E-state index in [1.807, 2.05) is 54.0 Å². The highest BCUT2D eigenvalue weighted by Crippen LogP contribution is 2.23. The summed E-state index contributed by atoms with van der Waals surface area (Å²) >= 11 is 0. The fraction of sp³-hybridized carbons (Fsp3) is 0.609. The van der Waals surface area contributed by atoms with E-state index in [1.165, 1.54) is 0 Å². The Hall–Kier alpha value is -2.41. The predicted molar refractivity (Wildman–Crippen MR) is 116 cm³/mol. The Morgan fingerprint density at radius 2 is 1.77 bits per heavy atom. The Bertz CT molecular complexity index is 735. The molecule has 1 unspecified atom stereocenters. The number of nitrogens with zero attached hydrogens (tertiary/aromatic N) is 4. The number of hydrogen-bond acceptors (Lipinski definition) is 4. The summed E-state index contributed by atoms with van der Waals surface area (Å²) in [5.41, 5.74) is 1.09. The molecule has 164 valence electrons. The number of rotatable bonds is 7. The molecule has 0 radical (unpaired) electrons. The van der Waals surface area contributed by atoms with Gasteiger partial charge >= 0.3 is 0 Å². The van der Waals surface area contributed by atoms with Gasteiger partial charge in [-0.2, -0.15) is 0 Å². The van der Waals surface area contributed by atoms with Gasteiger partial charge in [-0.3, -0.25) is 19.3 Å². The molecule has 1 aromatic carbocycles. The lowest BCUT2D eigenvalue weighted by Gasteiger charge is -2.26. The maximum Gasteiger partial charge on any atom is 0.236 e. The SMILES string of the molecule is CCN(CC)C(=O)CN1CCCN(C(=O)C2CC(=O)N(Cc3ccccc3)C2)CC1. The molecule has 0 aliphatic carbocycles. The van der Waals surface area contributed by atoms with Crippen LogP contribution in [0.1, 0.15) is 32.3 Å². The van der Waals surface area contributed by atoms with Crippen LogP contribution in [-0.4, -0.2) is 89.7 Å². The van der Waals surface area contributed by atoms with E-state index in [1.54, 1.807) is 4.90 Å². The van der Waals surface area contributed by atoms with E-state index >= 15 is 0 Å². The minimum absolute atomic E-state index is 0.0541. The number of carbonyl (C=O) groups excluding carboxylic acids is 3.